The van der Waals surface area contributed by atoms with Crippen LogP contribution in [0.15, 0.2) is 54.6 Å². The van der Waals surface area contributed by atoms with Gasteiger partial charge in [-0.05, 0) is 44.2 Å². The highest BCUT2D eigenvalue weighted by atomic mass is 16.1. The maximum absolute atomic E-state index is 12.4. The fraction of sp³-hybridized carbons (Fsp3) is 0.261. The van der Waals surface area contributed by atoms with Gasteiger partial charge in [-0.2, -0.15) is 4.98 Å². The van der Waals surface area contributed by atoms with Crippen molar-refractivity contribution >= 4 is 29.0 Å². The van der Waals surface area contributed by atoms with E-state index < -0.39 is 0 Å². The minimum Gasteiger partial charge on any atom is -0.378 e. The molecule has 30 heavy (non-hydrogen) atoms. The molecule has 0 unspecified atom stereocenters. The molecule has 0 aliphatic rings. The van der Waals surface area contributed by atoms with Crippen LogP contribution in [0.2, 0.25) is 0 Å². The summed E-state index contributed by atoms with van der Waals surface area (Å²) in [5, 5.41) is 9.38. The molecule has 0 bridgehead atoms. The number of carbonyl (C=O) groups is 1. The molecule has 0 fully saturated rings. The van der Waals surface area contributed by atoms with Crippen LogP contribution < -0.4 is 20.9 Å². The summed E-state index contributed by atoms with van der Waals surface area (Å²) in [7, 11) is 3.90. The van der Waals surface area contributed by atoms with Crippen LogP contribution in [0.25, 0.3) is 0 Å². The van der Waals surface area contributed by atoms with Crippen molar-refractivity contribution in [1.82, 2.24) is 15.3 Å². The number of benzene rings is 2. The lowest BCUT2D eigenvalue weighted by Crippen LogP contribution is -2.29. The van der Waals surface area contributed by atoms with Gasteiger partial charge in [0.25, 0.3) is 5.91 Å². The SMILES string of the molecule is Cc1ccc(Nc2cc(C)nc(NCCNC(=O)c3cccc(N(C)C)c3)n2)cc1. The standard InChI is InChI=1S/C23H28N6O/c1-16-8-10-19(11-9-16)27-21-14-17(2)26-23(28-21)25-13-12-24-22(30)18-6-5-7-20(15-18)29(3)4/h5-11,14-15H,12-13H2,1-4H3,(H,24,30)(H2,25,26,27,28). The van der Waals surface area contributed by atoms with Crippen molar-refractivity contribution in [1.29, 1.82) is 0 Å². The van der Waals surface area contributed by atoms with Gasteiger partial charge in [0.1, 0.15) is 5.82 Å². The fourth-order valence-electron chi connectivity index (χ4n) is 2.87. The first-order valence-electron chi connectivity index (χ1n) is 9.89. The Morgan fingerprint density at radius 1 is 0.967 bits per heavy atom. The number of nitrogens with one attached hydrogen (secondary N) is 3. The van der Waals surface area contributed by atoms with Gasteiger partial charge < -0.3 is 20.9 Å². The summed E-state index contributed by atoms with van der Waals surface area (Å²) in [6.45, 7) is 4.96. The minimum atomic E-state index is -0.104. The Hall–Kier alpha value is -3.61. The first kappa shape index (κ1) is 21.1. The minimum absolute atomic E-state index is 0.104. The molecule has 3 N–H and O–H groups in total. The molecule has 3 aromatic rings. The Morgan fingerprint density at radius 2 is 1.73 bits per heavy atom. The molecule has 1 aromatic heterocycles. The van der Waals surface area contributed by atoms with Gasteiger partial charge >= 0.3 is 0 Å². The zero-order valence-corrected chi connectivity index (χ0v) is 17.9. The molecule has 3 rings (SSSR count). The van der Waals surface area contributed by atoms with Crippen molar-refractivity contribution in [2.45, 2.75) is 13.8 Å². The molecular weight excluding hydrogens is 376 g/mol. The van der Waals surface area contributed by atoms with Gasteiger partial charge in [0.05, 0.1) is 0 Å². The van der Waals surface area contributed by atoms with Crippen molar-refractivity contribution in [3.05, 3.63) is 71.4 Å². The maximum atomic E-state index is 12.4. The van der Waals surface area contributed by atoms with Crippen LogP contribution in [-0.2, 0) is 0 Å². The summed E-state index contributed by atoms with van der Waals surface area (Å²) < 4.78 is 0. The number of aryl methyl sites for hydroxylation is 2. The van der Waals surface area contributed by atoms with Crippen LogP contribution in [0.5, 0.6) is 0 Å². The summed E-state index contributed by atoms with van der Waals surface area (Å²) in [6, 6.07) is 17.5. The molecule has 0 saturated carbocycles. The van der Waals surface area contributed by atoms with E-state index in [1.54, 1.807) is 0 Å². The van der Waals surface area contributed by atoms with Gasteiger partial charge in [0, 0.05) is 55.9 Å². The lowest BCUT2D eigenvalue weighted by Gasteiger charge is -2.14. The second-order valence-electron chi connectivity index (χ2n) is 7.34. The number of hydrogen-bond acceptors (Lipinski definition) is 6. The van der Waals surface area contributed by atoms with Crippen LogP contribution in [0.3, 0.4) is 0 Å². The Morgan fingerprint density at radius 3 is 2.47 bits per heavy atom. The van der Waals surface area contributed by atoms with Crippen molar-refractivity contribution in [3.8, 4) is 0 Å². The molecule has 2 aromatic carbocycles. The smallest absolute Gasteiger partial charge is 0.251 e. The number of aromatic nitrogens is 2. The van der Waals surface area contributed by atoms with E-state index in [-0.39, 0.29) is 5.91 Å². The average molecular weight is 405 g/mol. The summed E-state index contributed by atoms with van der Waals surface area (Å²) in [5.74, 6) is 1.14. The highest BCUT2D eigenvalue weighted by molar-refractivity contribution is 5.95. The number of anilines is 4. The molecule has 1 heterocycles. The van der Waals surface area contributed by atoms with Gasteiger partial charge in [-0.25, -0.2) is 4.98 Å². The summed E-state index contributed by atoms with van der Waals surface area (Å²) in [4.78, 5) is 23.3. The molecule has 7 nitrogen and oxygen atoms in total. The molecular formula is C23H28N6O. The molecule has 0 aliphatic heterocycles. The van der Waals surface area contributed by atoms with Crippen LogP contribution in [0.1, 0.15) is 21.6 Å². The summed E-state index contributed by atoms with van der Waals surface area (Å²) >= 11 is 0. The molecule has 156 valence electrons. The Balaban J connectivity index is 1.53. The van der Waals surface area contributed by atoms with Crippen LogP contribution in [0, 0.1) is 13.8 Å². The van der Waals surface area contributed by atoms with Gasteiger partial charge in [0.2, 0.25) is 5.95 Å². The van der Waals surface area contributed by atoms with Crippen molar-refractivity contribution in [2.24, 2.45) is 0 Å². The Labute approximate surface area is 177 Å². The van der Waals surface area contributed by atoms with E-state index in [9.17, 15) is 4.79 Å². The van der Waals surface area contributed by atoms with Crippen LogP contribution in [-0.4, -0.2) is 43.1 Å². The molecule has 0 saturated heterocycles. The molecule has 0 spiro atoms. The number of amides is 1. The number of nitrogens with zero attached hydrogens (tertiary/aromatic N) is 3. The van der Waals surface area contributed by atoms with Crippen molar-refractivity contribution in [3.63, 3.8) is 0 Å². The second-order valence-corrected chi connectivity index (χ2v) is 7.34. The summed E-state index contributed by atoms with van der Waals surface area (Å²) in [6.07, 6.45) is 0. The largest absolute Gasteiger partial charge is 0.378 e. The predicted octanol–water partition coefficient (Wildman–Crippen LogP) is 3.74. The van der Waals surface area contributed by atoms with E-state index in [0.29, 0.717) is 24.6 Å². The van der Waals surface area contributed by atoms with E-state index in [4.69, 9.17) is 0 Å². The molecule has 1 amide bonds. The van der Waals surface area contributed by atoms with Gasteiger partial charge in [-0.1, -0.05) is 23.8 Å². The van der Waals surface area contributed by atoms with E-state index in [2.05, 4.69) is 32.8 Å². The van der Waals surface area contributed by atoms with E-state index in [1.165, 1.54) is 5.56 Å². The summed E-state index contributed by atoms with van der Waals surface area (Å²) in [5.41, 5.74) is 4.65. The second kappa shape index (κ2) is 9.73. The van der Waals surface area contributed by atoms with Crippen LogP contribution >= 0.6 is 0 Å². The Bertz CT molecular complexity index is 1000. The van der Waals surface area contributed by atoms with Crippen LogP contribution in [0.4, 0.5) is 23.1 Å². The van der Waals surface area contributed by atoms with E-state index in [0.717, 1.165) is 22.9 Å². The van der Waals surface area contributed by atoms with Gasteiger partial charge in [-0.3, -0.25) is 4.79 Å². The molecule has 7 heteroatoms. The highest BCUT2D eigenvalue weighted by Crippen LogP contribution is 2.17. The quantitative estimate of drug-likeness (QED) is 0.496. The molecule has 0 radical (unpaired) electrons. The van der Waals surface area contributed by atoms with Crippen molar-refractivity contribution in [2.75, 3.05) is 42.7 Å². The maximum Gasteiger partial charge on any atom is 0.251 e. The van der Waals surface area contributed by atoms with Gasteiger partial charge in [0.15, 0.2) is 0 Å². The zero-order chi connectivity index (χ0) is 21.5. The third-order valence-corrected chi connectivity index (χ3v) is 4.50. The zero-order valence-electron chi connectivity index (χ0n) is 17.9. The Kier molecular flexibility index (Phi) is 6.85. The predicted molar refractivity (Wildman–Crippen MR) is 123 cm³/mol. The van der Waals surface area contributed by atoms with Crippen molar-refractivity contribution < 1.29 is 4.79 Å². The number of rotatable bonds is 8. The third-order valence-electron chi connectivity index (χ3n) is 4.50. The monoisotopic (exact) mass is 404 g/mol. The molecule has 0 aliphatic carbocycles. The van der Waals surface area contributed by atoms with Gasteiger partial charge in [-0.15, -0.1) is 0 Å². The molecule has 0 atom stereocenters. The number of carbonyl (C=O) groups excluding carboxylic acids is 1. The first-order chi connectivity index (χ1) is 14.4. The highest BCUT2D eigenvalue weighted by Gasteiger charge is 2.07. The van der Waals surface area contributed by atoms with E-state index in [1.807, 2.05) is 80.5 Å². The first-order valence-corrected chi connectivity index (χ1v) is 9.89. The topological polar surface area (TPSA) is 82.2 Å². The lowest BCUT2D eigenvalue weighted by atomic mass is 10.2. The third kappa shape index (κ3) is 5.94. The number of hydrogen-bond donors (Lipinski definition) is 3. The fourth-order valence-corrected chi connectivity index (χ4v) is 2.87. The van der Waals surface area contributed by atoms with E-state index >= 15 is 0 Å². The average Bonchev–Trinajstić information content (AvgIpc) is 2.72. The normalized spacial score (nSPS) is 10.4. The lowest BCUT2D eigenvalue weighted by molar-refractivity contribution is 0.0955.